The zero-order valence-electron chi connectivity index (χ0n) is 13.9. The van der Waals surface area contributed by atoms with Gasteiger partial charge in [-0.25, -0.2) is 4.98 Å². The summed E-state index contributed by atoms with van der Waals surface area (Å²) in [6, 6.07) is 6.95. The van der Waals surface area contributed by atoms with Gasteiger partial charge in [0.1, 0.15) is 11.6 Å². The summed E-state index contributed by atoms with van der Waals surface area (Å²) in [5.41, 5.74) is 8.01. The smallest absolute Gasteiger partial charge is 0.184 e. The summed E-state index contributed by atoms with van der Waals surface area (Å²) >= 11 is 0. The number of hydrogen-bond acceptors (Lipinski definition) is 6. The number of aromatic amines is 1. The Kier molecular flexibility index (Phi) is 4.52. The first-order chi connectivity index (χ1) is 11.6. The van der Waals surface area contributed by atoms with E-state index in [1.165, 1.54) is 0 Å². The van der Waals surface area contributed by atoms with Gasteiger partial charge < -0.3 is 19.6 Å². The van der Waals surface area contributed by atoms with Crippen molar-refractivity contribution < 1.29 is 13.9 Å². The number of aromatic nitrogens is 3. The molecule has 0 fully saturated rings. The fraction of sp³-hybridized carbons (Fsp3) is 0.294. The topological polar surface area (TPSA) is 99.2 Å². The molecular weight excluding hydrogens is 308 g/mol. The average molecular weight is 328 g/mol. The molecule has 3 aromatic rings. The number of aryl methyl sites for hydroxylation is 1. The van der Waals surface area contributed by atoms with Crippen LogP contribution in [0.2, 0.25) is 0 Å². The molecule has 0 bridgehead atoms. The molecule has 0 radical (unpaired) electrons. The van der Waals surface area contributed by atoms with Crippen LogP contribution in [-0.2, 0) is 0 Å². The molecule has 0 unspecified atom stereocenters. The lowest BCUT2D eigenvalue weighted by Crippen LogP contribution is -2.14. The zero-order valence-corrected chi connectivity index (χ0v) is 13.9. The highest BCUT2D eigenvalue weighted by molar-refractivity contribution is 5.56. The van der Waals surface area contributed by atoms with Crippen LogP contribution in [0.25, 0.3) is 11.4 Å². The Labute approximate surface area is 139 Å². The maximum Gasteiger partial charge on any atom is 0.184 e. The first-order valence-electron chi connectivity index (χ1n) is 7.67. The number of nitrogens with zero attached hydrogens (tertiary/aromatic N) is 2. The van der Waals surface area contributed by atoms with Gasteiger partial charge in [0.2, 0.25) is 0 Å². The molecule has 2 aromatic heterocycles. The highest BCUT2D eigenvalue weighted by Gasteiger charge is 2.18. The minimum Gasteiger partial charge on any atom is -0.493 e. The maximum atomic E-state index is 6.32. The standard InChI is InChI=1S/C17H20N4O3/c1-4-23-13-6-5-11(9-14(13)22-3)15(18)17-19-16(20-21-17)12-7-8-24-10(12)2/h5-9,15H,4,18H2,1-3H3,(H,19,20,21)/t15-/m0/s1. The fourth-order valence-electron chi connectivity index (χ4n) is 2.46. The minimum absolute atomic E-state index is 0.456. The van der Waals surface area contributed by atoms with Gasteiger partial charge in [0.25, 0.3) is 0 Å². The van der Waals surface area contributed by atoms with E-state index in [9.17, 15) is 0 Å². The number of ether oxygens (including phenoxy) is 2. The number of rotatable bonds is 6. The number of nitrogens with two attached hydrogens (primary N) is 1. The summed E-state index contributed by atoms with van der Waals surface area (Å²) in [5, 5.41) is 7.12. The second-order valence-electron chi connectivity index (χ2n) is 5.26. The third kappa shape index (κ3) is 2.98. The van der Waals surface area contributed by atoms with E-state index in [1.807, 2.05) is 38.1 Å². The highest BCUT2D eigenvalue weighted by atomic mass is 16.5. The molecule has 0 amide bonds. The molecule has 0 aliphatic heterocycles. The minimum atomic E-state index is -0.456. The van der Waals surface area contributed by atoms with E-state index in [-0.39, 0.29) is 0 Å². The van der Waals surface area contributed by atoms with Crippen molar-refractivity contribution >= 4 is 0 Å². The van der Waals surface area contributed by atoms with Crippen LogP contribution in [-0.4, -0.2) is 28.9 Å². The van der Waals surface area contributed by atoms with E-state index in [1.54, 1.807) is 13.4 Å². The molecule has 0 aliphatic rings. The van der Waals surface area contributed by atoms with Crippen molar-refractivity contribution in [2.75, 3.05) is 13.7 Å². The zero-order chi connectivity index (χ0) is 17.1. The summed E-state index contributed by atoms with van der Waals surface area (Å²) in [6.07, 6.45) is 1.61. The summed E-state index contributed by atoms with van der Waals surface area (Å²) in [5.74, 6) is 3.21. The van der Waals surface area contributed by atoms with Crippen LogP contribution in [0, 0.1) is 6.92 Å². The molecule has 3 rings (SSSR count). The van der Waals surface area contributed by atoms with Gasteiger partial charge in [-0.2, -0.15) is 5.10 Å². The van der Waals surface area contributed by atoms with Crippen LogP contribution in [0.4, 0.5) is 0 Å². The lowest BCUT2D eigenvalue weighted by Gasteiger charge is -2.13. The molecule has 126 valence electrons. The van der Waals surface area contributed by atoms with Crippen molar-refractivity contribution in [2.45, 2.75) is 19.9 Å². The number of hydrogen-bond donors (Lipinski definition) is 2. The summed E-state index contributed by atoms with van der Waals surface area (Å²) in [4.78, 5) is 4.48. The maximum absolute atomic E-state index is 6.32. The molecule has 0 saturated carbocycles. The van der Waals surface area contributed by atoms with Crippen molar-refractivity contribution in [2.24, 2.45) is 5.73 Å². The van der Waals surface area contributed by atoms with Gasteiger partial charge in [-0.3, -0.25) is 5.10 Å². The largest absolute Gasteiger partial charge is 0.493 e. The number of benzene rings is 1. The predicted molar refractivity (Wildman–Crippen MR) is 89.0 cm³/mol. The number of H-pyrrole nitrogens is 1. The van der Waals surface area contributed by atoms with Crippen LogP contribution in [0.3, 0.4) is 0 Å². The number of nitrogens with one attached hydrogen (secondary N) is 1. The van der Waals surface area contributed by atoms with Crippen LogP contribution in [0.5, 0.6) is 11.5 Å². The Hall–Kier alpha value is -2.80. The molecule has 24 heavy (non-hydrogen) atoms. The molecule has 3 N–H and O–H groups in total. The van der Waals surface area contributed by atoms with Gasteiger partial charge in [0.05, 0.1) is 31.6 Å². The van der Waals surface area contributed by atoms with Crippen LogP contribution in [0.1, 0.15) is 30.1 Å². The third-order valence-electron chi connectivity index (χ3n) is 3.74. The first kappa shape index (κ1) is 16.1. The molecule has 7 heteroatoms. The molecule has 0 saturated heterocycles. The third-order valence-corrected chi connectivity index (χ3v) is 3.74. The monoisotopic (exact) mass is 328 g/mol. The van der Waals surface area contributed by atoms with Crippen LogP contribution >= 0.6 is 0 Å². The van der Waals surface area contributed by atoms with Crippen molar-refractivity contribution in [3.63, 3.8) is 0 Å². The molecule has 1 aromatic carbocycles. The second kappa shape index (κ2) is 6.76. The Balaban J connectivity index is 1.88. The van der Waals surface area contributed by atoms with Gasteiger partial charge in [-0.15, -0.1) is 0 Å². The lowest BCUT2D eigenvalue weighted by molar-refractivity contribution is 0.310. The molecule has 2 heterocycles. The molecular formula is C17H20N4O3. The molecule has 0 aliphatic carbocycles. The number of methoxy groups -OCH3 is 1. The van der Waals surface area contributed by atoms with Gasteiger partial charge in [-0.1, -0.05) is 6.07 Å². The second-order valence-corrected chi connectivity index (χ2v) is 5.26. The van der Waals surface area contributed by atoms with E-state index in [0.717, 1.165) is 16.9 Å². The van der Waals surface area contributed by atoms with Gasteiger partial charge in [-0.05, 0) is 37.6 Å². The highest BCUT2D eigenvalue weighted by Crippen LogP contribution is 2.31. The van der Waals surface area contributed by atoms with Crippen molar-refractivity contribution in [1.29, 1.82) is 0 Å². The quantitative estimate of drug-likeness (QED) is 0.722. The van der Waals surface area contributed by atoms with E-state index in [4.69, 9.17) is 19.6 Å². The number of furan rings is 1. The molecule has 1 atom stereocenters. The Bertz CT molecular complexity index is 825. The molecule has 7 nitrogen and oxygen atoms in total. The SMILES string of the molecule is CCOc1ccc([C@H](N)c2nc(-c3ccoc3C)n[nH]2)cc1OC. The van der Waals surface area contributed by atoms with Gasteiger partial charge >= 0.3 is 0 Å². The van der Waals surface area contributed by atoms with E-state index in [2.05, 4.69) is 15.2 Å². The summed E-state index contributed by atoms with van der Waals surface area (Å²) in [6.45, 7) is 4.35. The van der Waals surface area contributed by atoms with Crippen molar-refractivity contribution in [3.8, 4) is 22.9 Å². The summed E-state index contributed by atoms with van der Waals surface area (Å²) in [7, 11) is 1.60. The first-order valence-corrected chi connectivity index (χ1v) is 7.67. The van der Waals surface area contributed by atoms with E-state index < -0.39 is 6.04 Å². The fourth-order valence-corrected chi connectivity index (χ4v) is 2.46. The Morgan fingerprint density at radius 2 is 2.12 bits per heavy atom. The summed E-state index contributed by atoms with van der Waals surface area (Å²) < 4.78 is 16.2. The Morgan fingerprint density at radius 1 is 1.29 bits per heavy atom. The van der Waals surface area contributed by atoms with Gasteiger partial charge in [0, 0.05) is 0 Å². The van der Waals surface area contributed by atoms with Crippen LogP contribution < -0.4 is 15.2 Å². The van der Waals surface area contributed by atoms with Crippen molar-refractivity contribution in [3.05, 3.63) is 47.7 Å². The normalized spacial score (nSPS) is 12.2. The van der Waals surface area contributed by atoms with Gasteiger partial charge in [0.15, 0.2) is 17.3 Å². The Morgan fingerprint density at radius 3 is 2.79 bits per heavy atom. The average Bonchev–Trinajstić information content (AvgIpc) is 3.23. The van der Waals surface area contributed by atoms with Crippen LogP contribution in [0.15, 0.2) is 34.9 Å². The molecule has 0 spiro atoms. The van der Waals surface area contributed by atoms with Crippen molar-refractivity contribution in [1.82, 2.24) is 15.2 Å². The predicted octanol–water partition coefficient (Wildman–Crippen LogP) is 2.83. The lowest BCUT2D eigenvalue weighted by atomic mass is 10.1. The van der Waals surface area contributed by atoms with E-state index in [0.29, 0.717) is 29.8 Å². The van der Waals surface area contributed by atoms with E-state index >= 15 is 0 Å².